The van der Waals surface area contributed by atoms with Crippen LogP contribution in [0.25, 0.3) is 0 Å². The zero-order valence-electron chi connectivity index (χ0n) is 12.1. The van der Waals surface area contributed by atoms with Crippen LogP contribution in [0.3, 0.4) is 0 Å². The van der Waals surface area contributed by atoms with Crippen LogP contribution >= 0.6 is 0 Å². The molecule has 0 fully saturated rings. The quantitative estimate of drug-likeness (QED) is 0.848. The number of carbonyl (C=O) groups is 1. The first-order valence-electron chi connectivity index (χ1n) is 6.61. The second-order valence-corrected chi connectivity index (χ2v) is 5.02. The van der Waals surface area contributed by atoms with Gasteiger partial charge in [0.2, 0.25) is 5.91 Å². The van der Waals surface area contributed by atoms with Crippen LogP contribution in [0.2, 0.25) is 0 Å². The summed E-state index contributed by atoms with van der Waals surface area (Å²) in [5.41, 5.74) is 6.81. The van der Waals surface area contributed by atoms with Crippen molar-refractivity contribution < 1.29 is 18.0 Å². The lowest BCUT2D eigenvalue weighted by atomic mass is 10.2. The smallest absolute Gasteiger partial charge is 0.326 e. The zero-order chi connectivity index (χ0) is 16.0. The molecule has 0 bridgehead atoms. The van der Waals surface area contributed by atoms with Gasteiger partial charge in [0, 0.05) is 18.3 Å². The van der Waals surface area contributed by atoms with E-state index < -0.39 is 18.6 Å². The van der Waals surface area contributed by atoms with Gasteiger partial charge in [-0.2, -0.15) is 13.2 Å². The third-order valence-electron chi connectivity index (χ3n) is 2.97. The van der Waals surface area contributed by atoms with Crippen LogP contribution in [0.15, 0.2) is 24.3 Å². The molecule has 7 heteroatoms. The maximum absolute atomic E-state index is 12.5. The third kappa shape index (κ3) is 6.14. The van der Waals surface area contributed by atoms with Gasteiger partial charge in [-0.25, -0.2) is 0 Å². The lowest BCUT2D eigenvalue weighted by Crippen LogP contribution is -2.43. The number of nitrogens with one attached hydrogen (secondary N) is 1. The predicted octanol–water partition coefficient (Wildman–Crippen LogP) is 2.36. The van der Waals surface area contributed by atoms with Crippen molar-refractivity contribution in [1.29, 1.82) is 0 Å². The van der Waals surface area contributed by atoms with Crippen LogP contribution in [-0.2, 0) is 11.3 Å². The Morgan fingerprint density at radius 2 is 1.95 bits per heavy atom. The largest absolute Gasteiger partial charge is 0.401 e. The number of amides is 1. The number of hydrogen-bond donors (Lipinski definition) is 2. The van der Waals surface area contributed by atoms with Gasteiger partial charge in [-0.1, -0.05) is 18.2 Å². The van der Waals surface area contributed by atoms with Gasteiger partial charge in [0.05, 0.1) is 13.1 Å². The molecule has 1 rings (SSSR count). The monoisotopic (exact) mass is 303 g/mol. The highest BCUT2D eigenvalue weighted by Crippen LogP contribution is 2.18. The van der Waals surface area contributed by atoms with Gasteiger partial charge in [0.25, 0.3) is 0 Å². The van der Waals surface area contributed by atoms with E-state index in [4.69, 9.17) is 5.73 Å². The molecule has 21 heavy (non-hydrogen) atoms. The highest BCUT2D eigenvalue weighted by atomic mass is 19.4. The maximum Gasteiger partial charge on any atom is 0.401 e. The summed E-state index contributed by atoms with van der Waals surface area (Å²) >= 11 is 0. The van der Waals surface area contributed by atoms with Crippen molar-refractivity contribution in [3.05, 3.63) is 29.8 Å². The molecule has 0 spiro atoms. The average molecular weight is 303 g/mol. The van der Waals surface area contributed by atoms with Crippen molar-refractivity contribution >= 4 is 11.6 Å². The normalized spacial score (nSPS) is 12.0. The minimum Gasteiger partial charge on any atom is -0.326 e. The highest BCUT2D eigenvalue weighted by Gasteiger charge is 2.32. The molecule has 1 amide bonds. The second kappa shape index (κ2) is 7.42. The topological polar surface area (TPSA) is 58.4 Å². The predicted molar refractivity (Wildman–Crippen MR) is 75.7 cm³/mol. The molecule has 0 aromatic heterocycles. The Labute approximate surface area is 122 Å². The SMILES string of the molecule is CC(C)N(CC(=O)Nc1ccccc1CN)CC(F)(F)F. The van der Waals surface area contributed by atoms with Crippen molar-refractivity contribution in [1.82, 2.24) is 4.90 Å². The van der Waals surface area contributed by atoms with Gasteiger partial charge in [0.1, 0.15) is 0 Å². The van der Waals surface area contributed by atoms with Crippen LogP contribution in [0.5, 0.6) is 0 Å². The summed E-state index contributed by atoms with van der Waals surface area (Å²) in [7, 11) is 0. The van der Waals surface area contributed by atoms with Crippen LogP contribution in [-0.4, -0.2) is 36.1 Å². The molecular formula is C14H20F3N3O. The van der Waals surface area contributed by atoms with Crippen LogP contribution in [0.1, 0.15) is 19.4 Å². The molecule has 1 aromatic carbocycles. The second-order valence-electron chi connectivity index (χ2n) is 5.02. The van der Waals surface area contributed by atoms with Crippen molar-refractivity contribution in [2.24, 2.45) is 5.73 Å². The average Bonchev–Trinajstić information content (AvgIpc) is 2.36. The third-order valence-corrected chi connectivity index (χ3v) is 2.97. The lowest BCUT2D eigenvalue weighted by Gasteiger charge is -2.26. The molecule has 0 unspecified atom stereocenters. The van der Waals surface area contributed by atoms with E-state index >= 15 is 0 Å². The summed E-state index contributed by atoms with van der Waals surface area (Å²) in [5.74, 6) is -0.492. The van der Waals surface area contributed by atoms with Crippen molar-refractivity contribution in [2.45, 2.75) is 32.6 Å². The number of para-hydroxylation sites is 1. The molecule has 3 N–H and O–H groups in total. The summed E-state index contributed by atoms with van der Waals surface area (Å²) in [4.78, 5) is 13.0. The van der Waals surface area contributed by atoms with Gasteiger partial charge in [-0.3, -0.25) is 9.69 Å². The number of nitrogens with zero attached hydrogens (tertiary/aromatic N) is 1. The molecule has 1 aromatic rings. The van der Waals surface area contributed by atoms with Crippen LogP contribution in [0, 0.1) is 0 Å². The Bertz CT molecular complexity index is 475. The molecule has 0 saturated carbocycles. The van der Waals surface area contributed by atoms with Gasteiger partial charge in [-0.15, -0.1) is 0 Å². The number of alkyl halides is 3. The van der Waals surface area contributed by atoms with Crippen LogP contribution in [0.4, 0.5) is 18.9 Å². The first-order valence-corrected chi connectivity index (χ1v) is 6.61. The first kappa shape index (κ1) is 17.5. The van der Waals surface area contributed by atoms with Crippen LogP contribution < -0.4 is 11.1 Å². The first-order chi connectivity index (χ1) is 9.73. The van der Waals surface area contributed by atoms with E-state index in [1.165, 1.54) is 0 Å². The van der Waals surface area contributed by atoms with Crippen molar-refractivity contribution in [2.75, 3.05) is 18.4 Å². The van der Waals surface area contributed by atoms with E-state index in [9.17, 15) is 18.0 Å². The minimum atomic E-state index is -4.33. The number of nitrogens with two attached hydrogens (primary N) is 1. The Kier molecular flexibility index (Phi) is 6.17. The lowest BCUT2D eigenvalue weighted by molar-refractivity contribution is -0.151. The summed E-state index contributed by atoms with van der Waals surface area (Å²) in [6, 6.07) is 6.55. The van der Waals surface area contributed by atoms with E-state index in [1.54, 1.807) is 38.1 Å². The summed E-state index contributed by atoms with van der Waals surface area (Å²) < 4.78 is 37.4. The molecule has 0 atom stereocenters. The van der Waals surface area contributed by atoms with Crippen molar-refractivity contribution in [3.8, 4) is 0 Å². The number of halogens is 3. The number of carbonyl (C=O) groups excluding carboxylic acids is 1. The Morgan fingerprint density at radius 3 is 2.48 bits per heavy atom. The number of benzene rings is 1. The Morgan fingerprint density at radius 1 is 1.33 bits per heavy atom. The summed E-state index contributed by atoms with van der Waals surface area (Å²) in [6.07, 6.45) is -4.33. The molecule has 0 saturated heterocycles. The zero-order valence-corrected chi connectivity index (χ0v) is 12.1. The Hall–Kier alpha value is -1.60. The van der Waals surface area contributed by atoms with E-state index in [2.05, 4.69) is 5.32 Å². The van der Waals surface area contributed by atoms with Gasteiger partial charge < -0.3 is 11.1 Å². The molecule has 0 radical (unpaired) electrons. The summed E-state index contributed by atoms with van der Waals surface area (Å²) in [6.45, 7) is 2.04. The maximum atomic E-state index is 12.5. The minimum absolute atomic E-state index is 0.243. The molecule has 0 heterocycles. The van der Waals surface area contributed by atoms with E-state index in [-0.39, 0.29) is 19.1 Å². The number of hydrogen-bond acceptors (Lipinski definition) is 3. The van der Waals surface area contributed by atoms with E-state index in [0.717, 1.165) is 10.5 Å². The molecule has 0 aliphatic rings. The number of rotatable bonds is 6. The molecule has 118 valence electrons. The van der Waals surface area contributed by atoms with Gasteiger partial charge in [-0.05, 0) is 25.5 Å². The van der Waals surface area contributed by atoms with Gasteiger partial charge >= 0.3 is 6.18 Å². The molecular weight excluding hydrogens is 283 g/mol. The standard InChI is InChI=1S/C14H20F3N3O/c1-10(2)20(9-14(15,16)17)8-13(21)19-12-6-4-3-5-11(12)7-18/h3-6,10H,7-9,18H2,1-2H3,(H,19,21). The molecule has 4 nitrogen and oxygen atoms in total. The highest BCUT2D eigenvalue weighted by molar-refractivity contribution is 5.93. The van der Waals surface area contributed by atoms with Gasteiger partial charge in [0.15, 0.2) is 0 Å². The van der Waals surface area contributed by atoms with Crippen molar-refractivity contribution in [3.63, 3.8) is 0 Å². The number of anilines is 1. The molecule has 0 aliphatic heterocycles. The fraction of sp³-hybridized carbons (Fsp3) is 0.500. The molecule has 0 aliphatic carbocycles. The fourth-order valence-corrected chi connectivity index (χ4v) is 1.85. The van der Waals surface area contributed by atoms with E-state index in [1.807, 2.05) is 0 Å². The Balaban J connectivity index is 2.70. The van der Waals surface area contributed by atoms with E-state index in [0.29, 0.717) is 5.69 Å². The summed E-state index contributed by atoms with van der Waals surface area (Å²) in [5, 5.41) is 2.60. The fourth-order valence-electron chi connectivity index (χ4n) is 1.85.